The van der Waals surface area contributed by atoms with Gasteiger partial charge in [0.25, 0.3) is 0 Å². The number of halogens is 2. The summed E-state index contributed by atoms with van der Waals surface area (Å²) in [6, 6.07) is 3.50. The van der Waals surface area contributed by atoms with Gasteiger partial charge in [0, 0.05) is 44.1 Å². The molecule has 0 amide bonds. The highest BCUT2D eigenvalue weighted by molar-refractivity contribution is 5.18. The average Bonchev–Trinajstić information content (AvgIpc) is 2.87. The zero-order valence-corrected chi connectivity index (χ0v) is 10.9. The fourth-order valence-corrected chi connectivity index (χ4v) is 1.75. The molecule has 0 saturated heterocycles. The summed E-state index contributed by atoms with van der Waals surface area (Å²) in [6.45, 7) is 1.44. The highest BCUT2D eigenvalue weighted by atomic mass is 19.1. The fourth-order valence-electron chi connectivity index (χ4n) is 1.75. The number of aromatic nitrogens is 3. The Bertz CT molecular complexity index is 559. The van der Waals surface area contributed by atoms with Crippen LogP contribution in [0.4, 0.5) is 8.78 Å². The minimum atomic E-state index is -0.585. The van der Waals surface area contributed by atoms with E-state index in [0.717, 1.165) is 11.8 Å². The molecule has 0 aliphatic carbocycles. The van der Waals surface area contributed by atoms with Crippen LogP contribution in [0.2, 0.25) is 0 Å². The van der Waals surface area contributed by atoms with Gasteiger partial charge in [-0.3, -0.25) is 4.68 Å². The van der Waals surface area contributed by atoms with Gasteiger partial charge in [0.1, 0.15) is 11.6 Å². The monoisotopic (exact) mass is 282 g/mol. The van der Waals surface area contributed by atoms with Gasteiger partial charge in [-0.05, 0) is 12.5 Å². The van der Waals surface area contributed by atoms with Gasteiger partial charge in [0.05, 0.1) is 5.69 Å². The smallest absolute Gasteiger partial charge is 0.130 e. The van der Waals surface area contributed by atoms with Crippen LogP contribution in [0, 0.1) is 11.6 Å². The lowest BCUT2D eigenvalue weighted by Gasteiger charge is -2.04. The first-order valence-corrected chi connectivity index (χ1v) is 6.33. The number of aliphatic hydroxyl groups is 1. The van der Waals surface area contributed by atoms with Gasteiger partial charge in [-0.25, -0.2) is 8.78 Å². The number of nitrogens with one attached hydrogen (secondary N) is 1. The number of hydrogen-bond acceptors (Lipinski definition) is 4. The fraction of sp³-hybridized carbons (Fsp3) is 0.385. The van der Waals surface area contributed by atoms with Crippen LogP contribution < -0.4 is 5.32 Å². The SMILES string of the molecule is OCCCn1cc(CNCc2ccc(F)cc2F)nn1. The molecule has 0 fully saturated rings. The van der Waals surface area contributed by atoms with Crippen molar-refractivity contribution in [1.82, 2.24) is 20.3 Å². The van der Waals surface area contributed by atoms with Crippen LogP contribution in [0.3, 0.4) is 0 Å². The predicted octanol–water partition coefficient (Wildman–Crippen LogP) is 1.23. The summed E-state index contributed by atoms with van der Waals surface area (Å²) in [5.74, 6) is -1.15. The maximum atomic E-state index is 13.4. The molecule has 0 bridgehead atoms. The Morgan fingerprint density at radius 2 is 2.10 bits per heavy atom. The third-order valence-electron chi connectivity index (χ3n) is 2.77. The van der Waals surface area contributed by atoms with E-state index in [2.05, 4.69) is 15.6 Å². The van der Waals surface area contributed by atoms with Crippen molar-refractivity contribution >= 4 is 0 Å². The summed E-state index contributed by atoms with van der Waals surface area (Å²) in [7, 11) is 0. The Labute approximate surface area is 115 Å². The van der Waals surface area contributed by atoms with E-state index >= 15 is 0 Å². The van der Waals surface area contributed by atoms with Crippen LogP contribution in [0.5, 0.6) is 0 Å². The first-order chi connectivity index (χ1) is 9.69. The number of aryl methyl sites for hydroxylation is 1. The lowest BCUT2D eigenvalue weighted by atomic mass is 10.2. The molecule has 0 aliphatic rings. The standard InChI is InChI=1S/C13H16F2N4O/c14-11-3-2-10(13(15)6-11)7-16-8-12-9-19(18-17-12)4-1-5-20/h2-3,6,9,16,20H,1,4-5,7-8H2. The zero-order valence-electron chi connectivity index (χ0n) is 10.9. The molecule has 108 valence electrons. The molecule has 1 aromatic carbocycles. The van der Waals surface area contributed by atoms with E-state index in [-0.39, 0.29) is 13.2 Å². The van der Waals surface area contributed by atoms with E-state index in [1.165, 1.54) is 12.1 Å². The van der Waals surface area contributed by atoms with Gasteiger partial charge in [-0.2, -0.15) is 0 Å². The zero-order chi connectivity index (χ0) is 14.4. The largest absolute Gasteiger partial charge is 0.396 e. The molecule has 0 saturated carbocycles. The average molecular weight is 282 g/mol. The van der Waals surface area contributed by atoms with Crippen LogP contribution in [-0.4, -0.2) is 26.7 Å². The van der Waals surface area contributed by atoms with Crippen molar-refractivity contribution in [3.63, 3.8) is 0 Å². The molecule has 0 unspecified atom stereocenters. The Kier molecular flexibility index (Phi) is 5.14. The summed E-state index contributed by atoms with van der Waals surface area (Å²) in [4.78, 5) is 0. The molecule has 2 aromatic rings. The first-order valence-electron chi connectivity index (χ1n) is 6.33. The van der Waals surface area contributed by atoms with Crippen molar-refractivity contribution in [2.24, 2.45) is 0 Å². The molecule has 0 atom stereocenters. The third-order valence-corrected chi connectivity index (χ3v) is 2.77. The minimum Gasteiger partial charge on any atom is -0.396 e. The molecule has 2 rings (SSSR count). The van der Waals surface area contributed by atoms with E-state index in [1.54, 1.807) is 10.9 Å². The maximum absolute atomic E-state index is 13.4. The Morgan fingerprint density at radius 3 is 2.85 bits per heavy atom. The molecular formula is C13H16F2N4O. The van der Waals surface area contributed by atoms with E-state index in [4.69, 9.17) is 5.11 Å². The molecule has 0 radical (unpaired) electrons. The van der Waals surface area contributed by atoms with Gasteiger partial charge in [0.15, 0.2) is 0 Å². The van der Waals surface area contributed by atoms with Gasteiger partial charge in [0.2, 0.25) is 0 Å². The predicted molar refractivity (Wildman–Crippen MR) is 68.6 cm³/mol. The Hall–Kier alpha value is -1.86. The van der Waals surface area contributed by atoms with Gasteiger partial charge < -0.3 is 10.4 Å². The topological polar surface area (TPSA) is 63.0 Å². The normalized spacial score (nSPS) is 10.9. The molecule has 1 heterocycles. The van der Waals surface area contributed by atoms with Crippen molar-refractivity contribution in [1.29, 1.82) is 0 Å². The number of benzene rings is 1. The van der Waals surface area contributed by atoms with Crippen LogP contribution >= 0.6 is 0 Å². The summed E-state index contributed by atoms with van der Waals surface area (Å²) >= 11 is 0. The molecule has 7 heteroatoms. The van der Waals surface area contributed by atoms with Crippen LogP contribution in [0.1, 0.15) is 17.7 Å². The highest BCUT2D eigenvalue weighted by Crippen LogP contribution is 2.09. The third kappa shape index (κ3) is 4.07. The van der Waals surface area contributed by atoms with E-state index in [9.17, 15) is 8.78 Å². The maximum Gasteiger partial charge on any atom is 0.130 e. The van der Waals surface area contributed by atoms with Crippen LogP contribution in [-0.2, 0) is 19.6 Å². The van der Waals surface area contributed by atoms with Crippen molar-refractivity contribution in [2.75, 3.05) is 6.61 Å². The lowest BCUT2D eigenvalue weighted by molar-refractivity contribution is 0.276. The second-order valence-electron chi connectivity index (χ2n) is 4.39. The summed E-state index contributed by atoms with van der Waals surface area (Å²) in [6.07, 6.45) is 2.39. The van der Waals surface area contributed by atoms with E-state index in [1.807, 2.05) is 0 Å². The van der Waals surface area contributed by atoms with Crippen molar-refractivity contribution in [2.45, 2.75) is 26.1 Å². The summed E-state index contributed by atoms with van der Waals surface area (Å²) < 4.78 is 27.8. The van der Waals surface area contributed by atoms with Crippen LogP contribution in [0.25, 0.3) is 0 Å². The van der Waals surface area contributed by atoms with Gasteiger partial charge in [-0.1, -0.05) is 11.3 Å². The number of nitrogens with zero attached hydrogens (tertiary/aromatic N) is 3. The van der Waals surface area contributed by atoms with E-state index < -0.39 is 11.6 Å². The number of hydrogen-bond donors (Lipinski definition) is 2. The molecular weight excluding hydrogens is 266 g/mol. The molecule has 20 heavy (non-hydrogen) atoms. The molecule has 5 nitrogen and oxygen atoms in total. The van der Waals surface area contributed by atoms with E-state index in [0.29, 0.717) is 25.1 Å². The molecule has 0 spiro atoms. The lowest BCUT2D eigenvalue weighted by Crippen LogP contribution is -2.14. The Morgan fingerprint density at radius 1 is 1.25 bits per heavy atom. The molecule has 0 aliphatic heterocycles. The summed E-state index contributed by atoms with van der Waals surface area (Å²) in [5, 5.41) is 19.6. The molecule has 1 aromatic heterocycles. The van der Waals surface area contributed by atoms with Crippen molar-refractivity contribution in [3.8, 4) is 0 Å². The van der Waals surface area contributed by atoms with Crippen LogP contribution in [0.15, 0.2) is 24.4 Å². The second-order valence-corrected chi connectivity index (χ2v) is 4.39. The minimum absolute atomic E-state index is 0.108. The highest BCUT2D eigenvalue weighted by Gasteiger charge is 2.04. The van der Waals surface area contributed by atoms with Crippen molar-refractivity contribution in [3.05, 3.63) is 47.3 Å². The first kappa shape index (κ1) is 14.5. The molecule has 2 N–H and O–H groups in total. The quantitative estimate of drug-likeness (QED) is 0.802. The summed E-state index contributed by atoms with van der Waals surface area (Å²) in [5.41, 5.74) is 1.13. The number of rotatable bonds is 7. The van der Waals surface area contributed by atoms with Crippen molar-refractivity contribution < 1.29 is 13.9 Å². The number of aliphatic hydroxyl groups excluding tert-OH is 1. The van der Waals surface area contributed by atoms with Gasteiger partial charge >= 0.3 is 0 Å². The Balaban J connectivity index is 1.82. The van der Waals surface area contributed by atoms with Gasteiger partial charge in [-0.15, -0.1) is 5.10 Å². The second kappa shape index (κ2) is 7.06.